The highest BCUT2D eigenvalue weighted by Gasteiger charge is 2.18. The third-order valence-corrected chi connectivity index (χ3v) is 3.62. The molecule has 2 aromatic rings. The van der Waals surface area contributed by atoms with Gasteiger partial charge in [-0.25, -0.2) is 8.78 Å². The van der Waals surface area contributed by atoms with Crippen molar-refractivity contribution in [2.45, 2.75) is 0 Å². The van der Waals surface area contributed by atoms with Gasteiger partial charge in [0.1, 0.15) is 11.6 Å². The van der Waals surface area contributed by atoms with Crippen molar-refractivity contribution in [3.63, 3.8) is 0 Å². The number of nitrogens with zero attached hydrogens (tertiary/aromatic N) is 1. The van der Waals surface area contributed by atoms with Crippen LogP contribution >= 0.6 is 15.9 Å². The summed E-state index contributed by atoms with van der Waals surface area (Å²) in [7, 11) is 1.35. The number of ether oxygens (including phenoxy) is 2. The molecule has 0 heterocycles. The van der Waals surface area contributed by atoms with Crippen LogP contribution in [0.3, 0.4) is 0 Å². The molecule has 7 nitrogen and oxygen atoms in total. The Morgan fingerprint density at radius 1 is 1.32 bits per heavy atom. The average molecular weight is 417 g/mol. The Hall–Kier alpha value is -2.75. The van der Waals surface area contributed by atoms with Crippen molar-refractivity contribution in [2.24, 2.45) is 0 Å². The predicted molar refractivity (Wildman–Crippen MR) is 87.8 cm³/mol. The Balaban J connectivity index is 2.09. The van der Waals surface area contributed by atoms with Crippen LogP contribution in [0.1, 0.15) is 0 Å². The summed E-state index contributed by atoms with van der Waals surface area (Å²) >= 11 is 2.93. The molecule has 0 atom stereocenters. The number of carbonyl (C=O) groups is 1. The van der Waals surface area contributed by atoms with E-state index in [1.54, 1.807) is 0 Å². The minimum atomic E-state index is -0.976. The zero-order valence-corrected chi connectivity index (χ0v) is 14.3. The molecule has 1 amide bonds. The Bertz CT molecular complexity index is 809. The van der Waals surface area contributed by atoms with Gasteiger partial charge in [0.25, 0.3) is 5.91 Å². The van der Waals surface area contributed by atoms with E-state index in [1.165, 1.54) is 19.2 Å². The maximum Gasteiger partial charge on any atom is 0.314 e. The second-order valence-electron chi connectivity index (χ2n) is 4.67. The molecule has 0 aliphatic carbocycles. The molecule has 0 saturated carbocycles. The fraction of sp³-hybridized carbons (Fsp3) is 0.133. The summed E-state index contributed by atoms with van der Waals surface area (Å²) in [6, 6.07) is 5.43. The molecule has 10 heteroatoms. The summed E-state index contributed by atoms with van der Waals surface area (Å²) in [5.41, 5.74) is -0.652. The van der Waals surface area contributed by atoms with Gasteiger partial charge in [-0.2, -0.15) is 0 Å². The molecule has 0 aromatic heterocycles. The molecule has 2 rings (SSSR count). The number of nitrogens with one attached hydrogen (secondary N) is 1. The van der Waals surface area contributed by atoms with Crippen LogP contribution < -0.4 is 14.8 Å². The smallest absolute Gasteiger partial charge is 0.314 e. The molecule has 0 fully saturated rings. The lowest BCUT2D eigenvalue weighted by Gasteiger charge is -2.10. The SMILES string of the molecule is COc1ccc(OCC(=O)Nc2c(F)cc(F)cc2Br)c([N+](=O)[O-])c1. The largest absolute Gasteiger partial charge is 0.496 e. The van der Waals surface area contributed by atoms with Crippen molar-refractivity contribution in [2.75, 3.05) is 19.0 Å². The molecule has 0 radical (unpaired) electrons. The molecule has 132 valence electrons. The van der Waals surface area contributed by atoms with E-state index in [0.29, 0.717) is 6.07 Å². The summed E-state index contributed by atoms with van der Waals surface area (Å²) in [6.45, 7) is -0.615. The van der Waals surface area contributed by atoms with Crippen molar-refractivity contribution in [1.29, 1.82) is 0 Å². The number of nitro groups is 1. The zero-order valence-electron chi connectivity index (χ0n) is 12.7. The number of nitro benzene ring substituents is 1. The Morgan fingerprint density at radius 3 is 2.64 bits per heavy atom. The van der Waals surface area contributed by atoms with Crippen molar-refractivity contribution in [1.82, 2.24) is 0 Å². The van der Waals surface area contributed by atoms with E-state index in [-0.39, 0.29) is 27.3 Å². The highest BCUT2D eigenvalue weighted by atomic mass is 79.9. The van der Waals surface area contributed by atoms with Gasteiger partial charge in [-0.1, -0.05) is 0 Å². The van der Waals surface area contributed by atoms with E-state index >= 15 is 0 Å². The van der Waals surface area contributed by atoms with Gasteiger partial charge in [-0.3, -0.25) is 14.9 Å². The van der Waals surface area contributed by atoms with Crippen LogP contribution in [0.15, 0.2) is 34.8 Å². The van der Waals surface area contributed by atoms with Gasteiger partial charge < -0.3 is 14.8 Å². The van der Waals surface area contributed by atoms with Crippen molar-refractivity contribution >= 4 is 33.2 Å². The number of methoxy groups -OCH3 is 1. The number of hydrogen-bond donors (Lipinski definition) is 1. The van der Waals surface area contributed by atoms with Crippen molar-refractivity contribution in [3.8, 4) is 11.5 Å². The Labute approximate surface area is 148 Å². The molecular weight excluding hydrogens is 406 g/mol. The van der Waals surface area contributed by atoms with E-state index in [9.17, 15) is 23.7 Å². The third-order valence-electron chi connectivity index (χ3n) is 2.99. The average Bonchev–Trinajstić information content (AvgIpc) is 2.55. The maximum atomic E-state index is 13.7. The van der Waals surface area contributed by atoms with Gasteiger partial charge >= 0.3 is 5.69 Å². The van der Waals surface area contributed by atoms with E-state index < -0.39 is 29.1 Å². The minimum Gasteiger partial charge on any atom is -0.496 e. The second-order valence-corrected chi connectivity index (χ2v) is 5.53. The predicted octanol–water partition coefficient (Wildman–Crippen LogP) is 3.66. The minimum absolute atomic E-state index is 0.00813. The highest BCUT2D eigenvalue weighted by Crippen LogP contribution is 2.31. The first kappa shape index (κ1) is 18.6. The number of carbonyl (C=O) groups excluding carboxylic acids is 1. The number of amides is 1. The van der Waals surface area contributed by atoms with E-state index in [1.807, 2.05) is 0 Å². The van der Waals surface area contributed by atoms with Gasteiger partial charge in [0.05, 0.1) is 23.8 Å². The molecule has 0 unspecified atom stereocenters. The standard InChI is InChI=1S/C15H11BrF2N2O5/c1-24-9-2-3-13(12(6-9)20(22)23)25-7-14(21)19-15-10(16)4-8(17)5-11(15)18/h2-6H,7H2,1H3,(H,19,21). The Morgan fingerprint density at radius 2 is 2.04 bits per heavy atom. The molecule has 0 aliphatic heterocycles. The van der Waals surface area contributed by atoms with Gasteiger partial charge in [-0.05, 0) is 34.1 Å². The maximum absolute atomic E-state index is 13.7. The van der Waals surface area contributed by atoms with E-state index in [0.717, 1.165) is 12.1 Å². The molecule has 2 aromatic carbocycles. The van der Waals surface area contributed by atoms with Crippen LogP contribution in [0.2, 0.25) is 0 Å². The molecule has 0 spiro atoms. The molecule has 25 heavy (non-hydrogen) atoms. The first-order chi connectivity index (χ1) is 11.8. The number of hydrogen-bond acceptors (Lipinski definition) is 5. The van der Waals surface area contributed by atoms with Crippen LogP contribution in [-0.4, -0.2) is 24.5 Å². The van der Waals surface area contributed by atoms with Crippen LogP contribution in [0.25, 0.3) is 0 Å². The molecule has 0 aliphatic rings. The summed E-state index contributed by atoms with van der Waals surface area (Å²) in [4.78, 5) is 22.2. The van der Waals surface area contributed by atoms with Gasteiger partial charge in [0.15, 0.2) is 18.2 Å². The molecular formula is C15H11BrF2N2O5. The second kappa shape index (κ2) is 7.88. The topological polar surface area (TPSA) is 90.7 Å². The number of rotatable bonds is 6. The van der Waals surface area contributed by atoms with Crippen LogP contribution in [0.4, 0.5) is 20.2 Å². The zero-order chi connectivity index (χ0) is 18.6. The van der Waals surface area contributed by atoms with Crippen LogP contribution in [0, 0.1) is 21.7 Å². The van der Waals surface area contributed by atoms with E-state index in [4.69, 9.17) is 9.47 Å². The Kier molecular flexibility index (Phi) is 5.86. The number of halogens is 3. The summed E-state index contributed by atoms with van der Waals surface area (Å²) in [6.07, 6.45) is 0. The normalized spacial score (nSPS) is 10.2. The first-order valence-electron chi connectivity index (χ1n) is 6.71. The molecule has 1 N–H and O–H groups in total. The summed E-state index contributed by atoms with van der Waals surface area (Å²) < 4.78 is 36.7. The quantitative estimate of drug-likeness (QED) is 0.572. The van der Waals surface area contributed by atoms with E-state index in [2.05, 4.69) is 21.2 Å². The van der Waals surface area contributed by atoms with Crippen LogP contribution in [0.5, 0.6) is 11.5 Å². The fourth-order valence-electron chi connectivity index (χ4n) is 1.87. The van der Waals surface area contributed by atoms with Gasteiger partial charge in [0.2, 0.25) is 0 Å². The van der Waals surface area contributed by atoms with Crippen molar-refractivity contribution < 1.29 is 28.0 Å². The number of benzene rings is 2. The van der Waals surface area contributed by atoms with Crippen molar-refractivity contribution in [3.05, 3.63) is 56.6 Å². The molecule has 0 bridgehead atoms. The van der Waals surface area contributed by atoms with Crippen LogP contribution in [-0.2, 0) is 4.79 Å². The third kappa shape index (κ3) is 4.63. The summed E-state index contributed by atoms with van der Waals surface area (Å²) in [5, 5.41) is 13.2. The summed E-state index contributed by atoms with van der Waals surface area (Å²) in [5.74, 6) is -2.47. The highest BCUT2D eigenvalue weighted by molar-refractivity contribution is 9.10. The lowest BCUT2D eigenvalue weighted by molar-refractivity contribution is -0.385. The first-order valence-corrected chi connectivity index (χ1v) is 7.50. The monoisotopic (exact) mass is 416 g/mol. The lowest BCUT2D eigenvalue weighted by atomic mass is 10.3. The fourth-order valence-corrected chi connectivity index (χ4v) is 2.38. The van der Waals surface area contributed by atoms with Gasteiger partial charge in [0, 0.05) is 10.5 Å². The van der Waals surface area contributed by atoms with Gasteiger partial charge in [-0.15, -0.1) is 0 Å². The molecule has 0 saturated heterocycles. The lowest BCUT2D eigenvalue weighted by Crippen LogP contribution is -2.21. The number of anilines is 1.